The zero-order valence-electron chi connectivity index (χ0n) is 18.5. The highest BCUT2D eigenvalue weighted by molar-refractivity contribution is 6.10. The fourth-order valence-corrected chi connectivity index (χ4v) is 4.97. The van der Waals surface area contributed by atoms with Crippen LogP contribution >= 0.6 is 0 Å². The van der Waals surface area contributed by atoms with Crippen molar-refractivity contribution >= 4 is 39.3 Å². The van der Waals surface area contributed by atoms with Crippen molar-refractivity contribution in [2.45, 2.75) is 19.9 Å². The molecular formula is C25H30N4O3. The van der Waals surface area contributed by atoms with E-state index in [-0.39, 0.29) is 24.2 Å². The zero-order valence-corrected chi connectivity index (χ0v) is 18.5. The molecule has 1 N–H and O–H groups in total. The lowest BCUT2D eigenvalue weighted by Gasteiger charge is -2.28. The fraction of sp³-hybridized carbons (Fsp3) is 0.440. The van der Waals surface area contributed by atoms with E-state index in [9.17, 15) is 9.59 Å². The topological polar surface area (TPSA) is 66.8 Å². The van der Waals surface area contributed by atoms with Gasteiger partial charge in [0.15, 0.2) is 0 Å². The molecule has 1 atom stereocenters. The van der Waals surface area contributed by atoms with Crippen LogP contribution in [-0.4, -0.2) is 72.1 Å². The van der Waals surface area contributed by atoms with Crippen LogP contribution in [0, 0.1) is 5.92 Å². The number of aryl methyl sites for hydroxylation is 1. The molecule has 0 radical (unpaired) electrons. The summed E-state index contributed by atoms with van der Waals surface area (Å²) in [5, 5.41) is 5.38. The number of nitrogens with zero attached hydrogens (tertiary/aromatic N) is 3. The third-order valence-electron chi connectivity index (χ3n) is 6.73. The molecule has 0 saturated carbocycles. The highest BCUT2D eigenvalue weighted by Gasteiger charge is 2.34. The second kappa shape index (κ2) is 8.92. The standard InChI is InChI=1S/C25H30N4O3/c1-2-29-22-6-4-3-5-20(22)21-16-19(7-8-23(21)29)26-25(31)18-15-24(30)28(17-18)10-9-27-11-13-32-14-12-27/h3-8,16,18H,2,9-15,17H2,1H3,(H,26,31)/t18-/m0/s1. The summed E-state index contributed by atoms with van der Waals surface area (Å²) in [4.78, 5) is 29.6. The number of carbonyl (C=O) groups excluding carboxylic acids is 2. The van der Waals surface area contributed by atoms with Crippen LogP contribution in [0.3, 0.4) is 0 Å². The normalized spacial score (nSPS) is 19.8. The lowest BCUT2D eigenvalue weighted by Crippen LogP contribution is -2.42. The molecule has 7 heteroatoms. The summed E-state index contributed by atoms with van der Waals surface area (Å²) in [5.41, 5.74) is 3.14. The molecule has 3 aromatic rings. The Kier molecular flexibility index (Phi) is 5.85. The summed E-state index contributed by atoms with van der Waals surface area (Å²) in [7, 11) is 0. The minimum Gasteiger partial charge on any atom is -0.379 e. The molecule has 5 rings (SSSR count). The molecular weight excluding hydrogens is 404 g/mol. The van der Waals surface area contributed by atoms with Gasteiger partial charge in [0.05, 0.1) is 19.1 Å². The van der Waals surface area contributed by atoms with Crippen molar-refractivity contribution in [1.82, 2.24) is 14.4 Å². The van der Waals surface area contributed by atoms with Crippen LogP contribution in [0.4, 0.5) is 5.69 Å². The van der Waals surface area contributed by atoms with Crippen molar-refractivity contribution in [2.75, 3.05) is 51.3 Å². The molecule has 2 fully saturated rings. The number of hydrogen-bond acceptors (Lipinski definition) is 4. The number of rotatable bonds is 6. The molecule has 2 amide bonds. The minimum absolute atomic E-state index is 0.0693. The molecule has 0 spiro atoms. The second-order valence-electron chi connectivity index (χ2n) is 8.68. The van der Waals surface area contributed by atoms with E-state index in [0.717, 1.165) is 56.0 Å². The van der Waals surface area contributed by atoms with E-state index in [4.69, 9.17) is 4.74 Å². The molecule has 2 aromatic carbocycles. The first-order valence-electron chi connectivity index (χ1n) is 11.5. The summed E-state index contributed by atoms with van der Waals surface area (Å²) in [5.74, 6) is -0.314. The van der Waals surface area contributed by atoms with Gasteiger partial charge >= 0.3 is 0 Å². The van der Waals surface area contributed by atoms with Gasteiger partial charge in [-0.1, -0.05) is 18.2 Å². The van der Waals surface area contributed by atoms with Crippen LogP contribution < -0.4 is 5.32 Å². The van der Waals surface area contributed by atoms with Crippen LogP contribution in [0.2, 0.25) is 0 Å². The van der Waals surface area contributed by atoms with E-state index >= 15 is 0 Å². The number of likely N-dealkylation sites (tertiary alicyclic amines) is 1. The quantitative estimate of drug-likeness (QED) is 0.648. The number of amides is 2. The van der Waals surface area contributed by atoms with Crippen LogP contribution in [0.25, 0.3) is 21.8 Å². The third-order valence-corrected chi connectivity index (χ3v) is 6.73. The molecule has 0 bridgehead atoms. The first-order chi connectivity index (χ1) is 15.6. The molecule has 2 aliphatic heterocycles. The van der Waals surface area contributed by atoms with Crippen LogP contribution in [-0.2, 0) is 20.9 Å². The van der Waals surface area contributed by atoms with Crippen LogP contribution in [0.5, 0.6) is 0 Å². The number of anilines is 1. The van der Waals surface area contributed by atoms with Gasteiger partial charge in [0.25, 0.3) is 0 Å². The van der Waals surface area contributed by atoms with Crippen LogP contribution in [0.15, 0.2) is 42.5 Å². The van der Waals surface area contributed by atoms with Crippen molar-refractivity contribution < 1.29 is 14.3 Å². The summed E-state index contributed by atoms with van der Waals surface area (Å²) < 4.78 is 7.67. The highest BCUT2D eigenvalue weighted by atomic mass is 16.5. The van der Waals surface area contributed by atoms with Gasteiger partial charge in [0.2, 0.25) is 11.8 Å². The van der Waals surface area contributed by atoms with Gasteiger partial charge in [-0.15, -0.1) is 0 Å². The molecule has 32 heavy (non-hydrogen) atoms. The monoisotopic (exact) mass is 434 g/mol. The summed E-state index contributed by atoms with van der Waals surface area (Å²) in [6.07, 6.45) is 0.284. The van der Waals surface area contributed by atoms with Gasteiger partial charge in [-0.25, -0.2) is 0 Å². The molecule has 0 aliphatic carbocycles. The van der Waals surface area contributed by atoms with E-state index in [2.05, 4.69) is 52.0 Å². The molecule has 2 aliphatic rings. The number of nitrogens with one attached hydrogen (secondary N) is 1. The predicted molar refractivity (Wildman–Crippen MR) is 126 cm³/mol. The number of para-hydroxylation sites is 1. The van der Waals surface area contributed by atoms with Crippen LogP contribution in [0.1, 0.15) is 13.3 Å². The van der Waals surface area contributed by atoms with Crippen molar-refractivity contribution in [3.8, 4) is 0 Å². The van der Waals surface area contributed by atoms with Crippen molar-refractivity contribution in [3.63, 3.8) is 0 Å². The van der Waals surface area contributed by atoms with Gasteiger partial charge in [-0.05, 0) is 31.2 Å². The Balaban J connectivity index is 1.26. The summed E-state index contributed by atoms with van der Waals surface area (Å²) in [6, 6.07) is 14.4. The van der Waals surface area contributed by atoms with E-state index < -0.39 is 0 Å². The Labute approximate surface area is 187 Å². The average Bonchev–Trinajstić information content (AvgIpc) is 3.35. The highest BCUT2D eigenvalue weighted by Crippen LogP contribution is 2.31. The average molecular weight is 435 g/mol. The van der Waals surface area contributed by atoms with E-state index in [0.29, 0.717) is 13.1 Å². The Bertz CT molecular complexity index is 1150. The van der Waals surface area contributed by atoms with Gasteiger partial charge < -0.3 is 19.5 Å². The Morgan fingerprint density at radius 2 is 1.84 bits per heavy atom. The number of ether oxygens (including phenoxy) is 1. The van der Waals surface area contributed by atoms with Crippen molar-refractivity contribution in [3.05, 3.63) is 42.5 Å². The summed E-state index contributed by atoms with van der Waals surface area (Å²) >= 11 is 0. The number of fused-ring (bicyclic) bond motifs is 3. The van der Waals surface area contributed by atoms with Gasteiger partial charge in [-0.3, -0.25) is 14.5 Å². The fourth-order valence-electron chi connectivity index (χ4n) is 4.97. The van der Waals surface area contributed by atoms with Gasteiger partial charge in [-0.2, -0.15) is 0 Å². The van der Waals surface area contributed by atoms with Crippen molar-refractivity contribution in [1.29, 1.82) is 0 Å². The van der Waals surface area contributed by atoms with Gasteiger partial charge in [0.1, 0.15) is 0 Å². The van der Waals surface area contributed by atoms with E-state index in [1.807, 2.05) is 17.0 Å². The first-order valence-corrected chi connectivity index (χ1v) is 11.5. The SMILES string of the molecule is CCn1c2ccccc2c2cc(NC(=O)[C@H]3CC(=O)N(CCN4CCOCC4)C3)ccc21. The Hall–Kier alpha value is -2.90. The molecule has 168 valence electrons. The smallest absolute Gasteiger partial charge is 0.229 e. The maximum Gasteiger partial charge on any atom is 0.229 e. The molecule has 2 saturated heterocycles. The maximum atomic E-state index is 13.0. The summed E-state index contributed by atoms with van der Waals surface area (Å²) in [6.45, 7) is 8.34. The molecule has 0 unspecified atom stereocenters. The third kappa shape index (κ3) is 3.98. The number of morpholine rings is 1. The Morgan fingerprint density at radius 1 is 1.06 bits per heavy atom. The van der Waals surface area contributed by atoms with E-state index in [1.165, 1.54) is 10.9 Å². The largest absolute Gasteiger partial charge is 0.379 e. The number of benzene rings is 2. The second-order valence-corrected chi connectivity index (χ2v) is 8.68. The van der Waals surface area contributed by atoms with E-state index in [1.54, 1.807) is 0 Å². The number of carbonyl (C=O) groups is 2. The predicted octanol–water partition coefficient (Wildman–Crippen LogP) is 2.93. The zero-order chi connectivity index (χ0) is 22.1. The lowest BCUT2D eigenvalue weighted by molar-refractivity contribution is -0.128. The molecule has 1 aromatic heterocycles. The molecule has 3 heterocycles. The lowest BCUT2D eigenvalue weighted by atomic mass is 10.1. The first kappa shape index (κ1) is 21.0. The number of hydrogen-bond donors (Lipinski definition) is 1. The minimum atomic E-state index is -0.306. The Morgan fingerprint density at radius 3 is 2.66 bits per heavy atom. The van der Waals surface area contributed by atoms with Gasteiger partial charge in [0, 0.05) is 73.2 Å². The number of aromatic nitrogens is 1. The maximum absolute atomic E-state index is 13.0. The van der Waals surface area contributed by atoms with Crippen molar-refractivity contribution in [2.24, 2.45) is 5.92 Å². The molecule has 7 nitrogen and oxygen atoms in total.